The Bertz CT molecular complexity index is 1460. The van der Waals surface area contributed by atoms with Crippen molar-refractivity contribution >= 4 is 28.9 Å². The minimum Gasteiger partial charge on any atom is -0.481 e. The summed E-state index contributed by atoms with van der Waals surface area (Å²) < 4.78 is 39.4. The van der Waals surface area contributed by atoms with Crippen LogP contribution in [-0.2, 0) is 16.6 Å². The number of nitrogens with one attached hydrogen (secondary N) is 2. The molecule has 1 fully saturated rings. The molecule has 0 aliphatic heterocycles. The average Bonchev–Trinajstić information content (AvgIpc) is 3.56. The number of carboxylic acid groups (broad SMARTS) is 1. The molecular formula is C25H23F3N6O3S. The maximum absolute atomic E-state index is 13.1. The summed E-state index contributed by atoms with van der Waals surface area (Å²) in [6.45, 7) is 1.82. The van der Waals surface area contributed by atoms with E-state index in [4.69, 9.17) is 0 Å². The lowest BCUT2D eigenvalue weighted by molar-refractivity contribution is -0.148. The van der Waals surface area contributed by atoms with Crippen molar-refractivity contribution in [3.05, 3.63) is 59.8 Å². The van der Waals surface area contributed by atoms with E-state index in [1.807, 2.05) is 13.0 Å². The highest BCUT2D eigenvalue weighted by Crippen LogP contribution is 2.45. The van der Waals surface area contributed by atoms with E-state index in [1.165, 1.54) is 11.3 Å². The highest BCUT2D eigenvalue weighted by Gasteiger charge is 2.43. The number of anilines is 2. The number of benzene rings is 1. The molecular weight excluding hydrogens is 521 g/mol. The van der Waals surface area contributed by atoms with Gasteiger partial charge in [0, 0.05) is 29.8 Å². The standard InChI is InChI=1S/C25H23F3N6O3S/c1-13-9-24(37,4-2-18(13)21(35)36)22-30-12-19(38-22)15-6-14(16-10-31-32-11-16)7-17(8-15)33-23-29-5-3-20(34-23)25(26,27)28/h3,5-8,10-13,18,37H,2,4,9H2,1H3,(H,31,32)(H,35,36)(H,29,33,34)/t13-,18+,24-/m0/s1. The molecule has 0 unspecified atom stereocenters. The molecule has 0 saturated heterocycles. The number of hydrogen-bond donors (Lipinski definition) is 4. The predicted octanol–water partition coefficient (Wildman–Crippen LogP) is 5.46. The summed E-state index contributed by atoms with van der Waals surface area (Å²) in [4.78, 5) is 24.2. The summed E-state index contributed by atoms with van der Waals surface area (Å²) in [7, 11) is 0. The van der Waals surface area contributed by atoms with Crippen molar-refractivity contribution in [1.82, 2.24) is 25.1 Å². The molecule has 0 amide bonds. The third-order valence-electron chi connectivity index (χ3n) is 6.69. The summed E-state index contributed by atoms with van der Waals surface area (Å²) in [5.74, 6) is -1.79. The van der Waals surface area contributed by atoms with Gasteiger partial charge in [0.1, 0.15) is 16.3 Å². The van der Waals surface area contributed by atoms with Gasteiger partial charge in [-0.05, 0) is 60.6 Å². The quantitative estimate of drug-likeness (QED) is 0.251. The van der Waals surface area contributed by atoms with E-state index < -0.39 is 29.4 Å². The molecule has 198 valence electrons. The molecule has 0 radical (unpaired) electrons. The summed E-state index contributed by atoms with van der Waals surface area (Å²) in [6, 6.07) is 6.15. The minimum atomic E-state index is -4.61. The first-order valence-corrected chi connectivity index (χ1v) is 12.6. The lowest BCUT2D eigenvalue weighted by Gasteiger charge is -2.37. The number of aliphatic carboxylic acids is 1. The number of nitrogens with zero attached hydrogens (tertiary/aromatic N) is 4. The van der Waals surface area contributed by atoms with Gasteiger partial charge in [0.25, 0.3) is 0 Å². The Kier molecular flexibility index (Phi) is 6.65. The number of thiazole rings is 1. The molecule has 1 aliphatic carbocycles. The van der Waals surface area contributed by atoms with Crippen LogP contribution in [0.1, 0.15) is 36.9 Å². The molecule has 5 rings (SSSR count). The molecule has 0 bridgehead atoms. The van der Waals surface area contributed by atoms with Crippen LogP contribution in [0.2, 0.25) is 0 Å². The molecule has 3 aromatic heterocycles. The third-order valence-corrected chi connectivity index (χ3v) is 7.93. The van der Waals surface area contributed by atoms with Crippen molar-refractivity contribution in [2.45, 2.75) is 38.0 Å². The second-order valence-corrected chi connectivity index (χ2v) is 10.4. The van der Waals surface area contributed by atoms with Crippen LogP contribution >= 0.6 is 11.3 Å². The van der Waals surface area contributed by atoms with Crippen molar-refractivity contribution < 1.29 is 28.2 Å². The number of aromatic nitrogens is 5. The summed E-state index contributed by atoms with van der Waals surface area (Å²) in [5, 5.41) is 30.8. The lowest BCUT2D eigenvalue weighted by Crippen LogP contribution is -2.38. The van der Waals surface area contributed by atoms with Gasteiger partial charge in [0.15, 0.2) is 0 Å². The second-order valence-electron chi connectivity index (χ2n) is 9.40. The number of halogens is 3. The maximum atomic E-state index is 13.1. The topological polar surface area (TPSA) is 137 Å². The van der Waals surface area contributed by atoms with E-state index >= 15 is 0 Å². The number of alkyl halides is 3. The molecule has 0 spiro atoms. The third kappa shape index (κ3) is 5.24. The van der Waals surface area contributed by atoms with Gasteiger partial charge in [-0.2, -0.15) is 18.3 Å². The molecule has 13 heteroatoms. The molecule has 3 heterocycles. The first kappa shape index (κ1) is 25.8. The number of H-pyrrole nitrogens is 1. The van der Waals surface area contributed by atoms with E-state index in [1.54, 1.807) is 30.7 Å². The van der Waals surface area contributed by atoms with E-state index in [0.29, 0.717) is 22.7 Å². The monoisotopic (exact) mass is 544 g/mol. The zero-order valence-corrected chi connectivity index (χ0v) is 20.8. The average molecular weight is 545 g/mol. The van der Waals surface area contributed by atoms with Gasteiger partial charge >= 0.3 is 12.1 Å². The lowest BCUT2D eigenvalue weighted by atomic mass is 9.72. The van der Waals surface area contributed by atoms with Crippen molar-refractivity contribution in [3.63, 3.8) is 0 Å². The van der Waals surface area contributed by atoms with Gasteiger partial charge in [-0.25, -0.2) is 15.0 Å². The van der Waals surface area contributed by atoms with Gasteiger partial charge in [-0.15, -0.1) is 11.3 Å². The maximum Gasteiger partial charge on any atom is 0.433 e. The molecule has 9 nitrogen and oxygen atoms in total. The molecule has 4 N–H and O–H groups in total. The Labute approximate surface area is 218 Å². The van der Waals surface area contributed by atoms with Crippen molar-refractivity contribution in [2.24, 2.45) is 11.8 Å². The zero-order valence-electron chi connectivity index (χ0n) is 20.0. The Morgan fingerprint density at radius 1 is 1.18 bits per heavy atom. The van der Waals surface area contributed by atoms with Crippen LogP contribution in [0.15, 0.2) is 49.1 Å². The van der Waals surface area contributed by atoms with E-state index in [9.17, 15) is 28.2 Å². The van der Waals surface area contributed by atoms with Crippen LogP contribution in [0.5, 0.6) is 0 Å². The number of carbonyl (C=O) groups is 1. The van der Waals surface area contributed by atoms with E-state index in [-0.39, 0.29) is 24.7 Å². The highest BCUT2D eigenvalue weighted by molar-refractivity contribution is 7.15. The van der Waals surface area contributed by atoms with Gasteiger partial charge in [0.2, 0.25) is 5.95 Å². The Hall–Kier alpha value is -3.84. The molecule has 1 aliphatic rings. The summed E-state index contributed by atoms with van der Waals surface area (Å²) in [5.41, 5.74) is 0.344. The van der Waals surface area contributed by atoms with Gasteiger partial charge in [-0.3, -0.25) is 9.89 Å². The van der Waals surface area contributed by atoms with Crippen LogP contribution in [0.3, 0.4) is 0 Å². The molecule has 1 saturated carbocycles. The van der Waals surface area contributed by atoms with Crippen LogP contribution in [0.4, 0.5) is 24.8 Å². The van der Waals surface area contributed by atoms with Crippen molar-refractivity contribution in [3.8, 4) is 21.6 Å². The summed E-state index contributed by atoms with van der Waals surface area (Å²) in [6.07, 6.45) is 2.29. The Balaban J connectivity index is 1.48. The fourth-order valence-electron chi connectivity index (χ4n) is 4.76. The largest absolute Gasteiger partial charge is 0.481 e. The van der Waals surface area contributed by atoms with Crippen LogP contribution in [0.25, 0.3) is 21.6 Å². The van der Waals surface area contributed by atoms with Crippen LogP contribution in [0, 0.1) is 11.8 Å². The van der Waals surface area contributed by atoms with Crippen LogP contribution in [-0.4, -0.2) is 41.3 Å². The van der Waals surface area contributed by atoms with Gasteiger partial charge in [-0.1, -0.05) is 6.92 Å². The first-order valence-electron chi connectivity index (χ1n) is 11.8. The second kappa shape index (κ2) is 9.80. The van der Waals surface area contributed by atoms with E-state index in [0.717, 1.165) is 28.3 Å². The number of aromatic amines is 1. The molecule has 3 atom stereocenters. The normalized spacial score (nSPS) is 21.8. The highest BCUT2D eigenvalue weighted by atomic mass is 32.1. The SMILES string of the molecule is C[C@H]1C[C@](O)(c2ncc(-c3cc(Nc4nccc(C(F)(F)F)n4)cc(-c4cn[nH]c4)c3)s2)CC[C@H]1C(=O)O. The van der Waals surface area contributed by atoms with Gasteiger partial charge in [0.05, 0.1) is 17.0 Å². The Morgan fingerprint density at radius 3 is 2.66 bits per heavy atom. The minimum absolute atomic E-state index is 0.210. The number of hydrogen-bond acceptors (Lipinski definition) is 8. The number of carboxylic acids is 1. The smallest absolute Gasteiger partial charge is 0.433 e. The summed E-state index contributed by atoms with van der Waals surface area (Å²) >= 11 is 1.29. The molecule has 1 aromatic carbocycles. The number of rotatable bonds is 6. The molecule has 4 aromatic rings. The fraction of sp³-hybridized carbons (Fsp3) is 0.320. The van der Waals surface area contributed by atoms with Crippen molar-refractivity contribution in [2.75, 3.05) is 5.32 Å². The van der Waals surface area contributed by atoms with E-state index in [2.05, 4.69) is 30.5 Å². The fourth-order valence-corrected chi connectivity index (χ4v) is 5.79. The van der Waals surface area contributed by atoms with Crippen LogP contribution < -0.4 is 5.32 Å². The number of aliphatic hydroxyl groups is 1. The van der Waals surface area contributed by atoms with Gasteiger partial charge < -0.3 is 15.5 Å². The Morgan fingerprint density at radius 2 is 1.97 bits per heavy atom. The zero-order chi connectivity index (χ0) is 27.1. The van der Waals surface area contributed by atoms with Crippen molar-refractivity contribution in [1.29, 1.82) is 0 Å². The molecule has 38 heavy (non-hydrogen) atoms. The predicted molar refractivity (Wildman–Crippen MR) is 133 cm³/mol. The first-order chi connectivity index (χ1) is 18.0.